The normalized spacial score (nSPS) is 11.2. The Balaban J connectivity index is 1.68. The molecule has 4 aromatic rings. The molecule has 7 heteroatoms. The van der Waals surface area contributed by atoms with Crippen molar-refractivity contribution in [1.82, 2.24) is 20.1 Å². The first-order chi connectivity index (χ1) is 14.1. The monoisotopic (exact) mass is 406 g/mol. The Morgan fingerprint density at radius 3 is 2.69 bits per heavy atom. The van der Waals surface area contributed by atoms with Crippen LogP contribution in [0.4, 0.5) is 0 Å². The maximum atomic E-state index is 13.1. The minimum Gasteiger partial charge on any atom is -0.497 e. The Morgan fingerprint density at radius 2 is 2.03 bits per heavy atom. The number of nitrogens with one attached hydrogen (secondary N) is 1. The summed E-state index contributed by atoms with van der Waals surface area (Å²) >= 11 is 1.60. The summed E-state index contributed by atoms with van der Waals surface area (Å²) in [4.78, 5) is 18.9. The number of hydrogen-bond donors (Lipinski definition) is 1. The number of amides is 1. The third-order valence-electron chi connectivity index (χ3n) is 4.69. The van der Waals surface area contributed by atoms with Crippen molar-refractivity contribution in [2.24, 2.45) is 0 Å². The quantitative estimate of drug-likeness (QED) is 0.505. The highest BCUT2D eigenvalue weighted by atomic mass is 32.1. The average Bonchev–Trinajstić information content (AvgIpc) is 3.41. The van der Waals surface area contributed by atoms with Crippen molar-refractivity contribution in [3.05, 3.63) is 65.2 Å². The van der Waals surface area contributed by atoms with Gasteiger partial charge in [-0.3, -0.25) is 4.79 Å². The zero-order chi connectivity index (χ0) is 20.4. The van der Waals surface area contributed by atoms with E-state index in [4.69, 9.17) is 9.72 Å². The van der Waals surface area contributed by atoms with Crippen molar-refractivity contribution in [2.75, 3.05) is 7.11 Å². The maximum absolute atomic E-state index is 13.1. The molecule has 0 aliphatic carbocycles. The molecule has 1 N–H and O–H groups in total. The van der Waals surface area contributed by atoms with Crippen molar-refractivity contribution < 1.29 is 9.53 Å². The van der Waals surface area contributed by atoms with Crippen LogP contribution in [0.25, 0.3) is 21.6 Å². The molecular formula is C22H22N4O2S. The van der Waals surface area contributed by atoms with Gasteiger partial charge in [-0.05, 0) is 49.1 Å². The second-order valence-electron chi connectivity index (χ2n) is 6.98. The molecule has 0 bridgehead atoms. The summed E-state index contributed by atoms with van der Waals surface area (Å²) in [5.74, 6) is 0.645. The lowest BCUT2D eigenvalue weighted by atomic mass is 10.1. The summed E-state index contributed by atoms with van der Waals surface area (Å²) in [7, 11) is 1.63. The molecule has 0 spiro atoms. The van der Waals surface area contributed by atoms with Crippen LogP contribution in [0.3, 0.4) is 0 Å². The zero-order valence-corrected chi connectivity index (χ0v) is 17.4. The summed E-state index contributed by atoms with van der Waals surface area (Å²) in [6, 6.07) is 13.6. The van der Waals surface area contributed by atoms with Gasteiger partial charge in [-0.1, -0.05) is 18.2 Å². The van der Waals surface area contributed by atoms with Crippen LogP contribution in [0, 0.1) is 0 Å². The van der Waals surface area contributed by atoms with E-state index >= 15 is 0 Å². The van der Waals surface area contributed by atoms with Crippen LogP contribution in [-0.2, 0) is 6.54 Å². The minimum atomic E-state index is -0.144. The lowest BCUT2D eigenvalue weighted by molar-refractivity contribution is 0.0952. The summed E-state index contributed by atoms with van der Waals surface area (Å²) < 4.78 is 7.03. The summed E-state index contributed by atoms with van der Waals surface area (Å²) in [6.07, 6.45) is 1.73. The molecule has 0 saturated carbocycles. The molecule has 0 radical (unpaired) electrons. The van der Waals surface area contributed by atoms with Crippen molar-refractivity contribution in [1.29, 1.82) is 0 Å². The fourth-order valence-corrected chi connectivity index (χ4v) is 3.84. The average molecular weight is 407 g/mol. The molecule has 148 valence electrons. The molecular weight excluding hydrogens is 384 g/mol. The number of methoxy groups -OCH3 is 1. The van der Waals surface area contributed by atoms with E-state index in [1.807, 2.05) is 52.5 Å². The molecule has 0 aliphatic rings. The van der Waals surface area contributed by atoms with E-state index < -0.39 is 0 Å². The Morgan fingerprint density at radius 1 is 1.24 bits per heavy atom. The lowest BCUT2D eigenvalue weighted by Crippen LogP contribution is -2.23. The van der Waals surface area contributed by atoms with Crippen LogP contribution in [0.5, 0.6) is 5.75 Å². The number of carbonyl (C=O) groups is 1. The molecule has 3 heterocycles. The largest absolute Gasteiger partial charge is 0.497 e. The SMILES string of the molecule is COc1ccc(CNC(=O)c2cc(-c3cccs3)nc3c2cnn3C(C)C)cc1. The van der Waals surface area contributed by atoms with E-state index in [9.17, 15) is 4.79 Å². The smallest absolute Gasteiger partial charge is 0.252 e. The van der Waals surface area contributed by atoms with E-state index in [1.165, 1.54) is 0 Å². The van der Waals surface area contributed by atoms with Crippen LogP contribution in [-0.4, -0.2) is 27.8 Å². The van der Waals surface area contributed by atoms with E-state index in [0.29, 0.717) is 12.1 Å². The van der Waals surface area contributed by atoms with Crippen molar-refractivity contribution in [2.45, 2.75) is 26.4 Å². The molecule has 29 heavy (non-hydrogen) atoms. The van der Waals surface area contributed by atoms with Gasteiger partial charge in [0, 0.05) is 12.6 Å². The first-order valence-corrected chi connectivity index (χ1v) is 10.3. The van der Waals surface area contributed by atoms with Gasteiger partial charge in [0.25, 0.3) is 5.91 Å². The van der Waals surface area contributed by atoms with Gasteiger partial charge >= 0.3 is 0 Å². The first-order valence-electron chi connectivity index (χ1n) is 9.40. The molecule has 1 aromatic carbocycles. The topological polar surface area (TPSA) is 69.0 Å². The number of hydrogen-bond acceptors (Lipinski definition) is 5. The Hall–Kier alpha value is -3.19. The maximum Gasteiger partial charge on any atom is 0.252 e. The van der Waals surface area contributed by atoms with E-state index in [1.54, 1.807) is 24.6 Å². The third kappa shape index (κ3) is 3.86. The molecule has 4 rings (SSSR count). The highest BCUT2D eigenvalue weighted by Gasteiger charge is 2.18. The van der Waals surface area contributed by atoms with Gasteiger partial charge in [0.2, 0.25) is 0 Å². The number of ether oxygens (including phenoxy) is 1. The van der Waals surface area contributed by atoms with E-state index in [0.717, 1.165) is 32.9 Å². The highest BCUT2D eigenvalue weighted by Crippen LogP contribution is 2.29. The summed E-state index contributed by atoms with van der Waals surface area (Å²) in [6.45, 7) is 4.53. The molecule has 0 fully saturated rings. The molecule has 3 aromatic heterocycles. The van der Waals surface area contributed by atoms with Crippen molar-refractivity contribution in [3.63, 3.8) is 0 Å². The molecule has 6 nitrogen and oxygen atoms in total. The van der Waals surface area contributed by atoms with Gasteiger partial charge in [0.05, 0.1) is 34.8 Å². The van der Waals surface area contributed by atoms with E-state index in [-0.39, 0.29) is 11.9 Å². The van der Waals surface area contributed by atoms with Gasteiger partial charge in [0.15, 0.2) is 5.65 Å². The number of benzene rings is 1. The molecule has 0 saturated heterocycles. The number of fused-ring (bicyclic) bond motifs is 1. The summed E-state index contributed by atoms with van der Waals surface area (Å²) in [5, 5.41) is 10.2. The zero-order valence-electron chi connectivity index (χ0n) is 16.5. The predicted octanol–water partition coefficient (Wildman–Crippen LogP) is 4.68. The number of rotatable bonds is 6. The predicted molar refractivity (Wildman–Crippen MR) is 115 cm³/mol. The fraction of sp³-hybridized carbons (Fsp3) is 0.227. The number of nitrogens with zero attached hydrogens (tertiary/aromatic N) is 3. The second kappa shape index (κ2) is 8.05. The van der Waals surface area contributed by atoms with Gasteiger partial charge in [0.1, 0.15) is 5.75 Å². The Labute approximate surface area is 173 Å². The fourth-order valence-electron chi connectivity index (χ4n) is 3.16. The number of thiophene rings is 1. The van der Waals surface area contributed by atoms with Crippen LogP contribution >= 0.6 is 11.3 Å². The van der Waals surface area contributed by atoms with Gasteiger partial charge in [-0.25, -0.2) is 9.67 Å². The Bertz CT molecular complexity index is 1130. The minimum absolute atomic E-state index is 0.144. The molecule has 0 aliphatic heterocycles. The number of carbonyl (C=O) groups excluding carboxylic acids is 1. The standard InChI is InChI=1S/C22H22N4O2S/c1-14(2)26-21-18(13-24-26)17(11-19(25-21)20-5-4-10-29-20)22(27)23-12-15-6-8-16(28-3)9-7-15/h4-11,13-14H,12H2,1-3H3,(H,23,27). The van der Waals surface area contributed by atoms with Crippen molar-refractivity contribution >= 4 is 28.3 Å². The van der Waals surface area contributed by atoms with E-state index in [2.05, 4.69) is 24.3 Å². The highest BCUT2D eigenvalue weighted by molar-refractivity contribution is 7.13. The van der Waals surface area contributed by atoms with Gasteiger partial charge in [-0.2, -0.15) is 5.10 Å². The third-order valence-corrected chi connectivity index (χ3v) is 5.58. The van der Waals surface area contributed by atoms with Crippen LogP contribution in [0.15, 0.2) is 54.0 Å². The van der Waals surface area contributed by atoms with Gasteiger partial charge in [-0.15, -0.1) is 11.3 Å². The molecule has 1 amide bonds. The van der Waals surface area contributed by atoms with Crippen LogP contribution in [0.2, 0.25) is 0 Å². The molecule has 0 unspecified atom stereocenters. The van der Waals surface area contributed by atoms with Crippen LogP contribution in [0.1, 0.15) is 35.8 Å². The Kier molecular flexibility index (Phi) is 5.31. The second-order valence-corrected chi connectivity index (χ2v) is 7.93. The number of pyridine rings is 1. The molecule has 0 atom stereocenters. The van der Waals surface area contributed by atoms with Crippen LogP contribution < -0.4 is 10.1 Å². The van der Waals surface area contributed by atoms with Crippen molar-refractivity contribution in [3.8, 4) is 16.3 Å². The lowest BCUT2D eigenvalue weighted by Gasteiger charge is -2.11. The summed E-state index contributed by atoms with van der Waals surface area (Å²) in [5.41, 5.74) is 3.09. The van der Waals surface area contributed by atoms with Gasteiger partial charge < -0.3 is 10.1 Å². The first kappa shape index (κ1) is 19.1. The number of aromatic nitrogens is 3.